The van der Waals surface area contributed by atoms with E-state index >= 15 is 0 Å². The van der Waals surface area contributed by atoms with E-state index in [1.165, 1.54) is 11.3 Å². The molecule has 40 heavy (non-hydrogen) atoms. The van der Waals surface area contributed by atoms with Crippen molar-refractivity contribution in [2.75, 3.05) is 6.26 Å². The van der Waals surface area contributed by atoms with Crippen LogP contribution in [0.4, 0.5) is 0 Å². The highest BCUT2D eigenvalue weighted by Crippen LogP contribution is 2.32. The molecule has 3 aromatic carbocycles. The zero-order valence-corrected chi connectivity index (χ0v) is 24.4. The first kappa shape index (κ1) is 27.7. The molecule has 0 aliphatic carbocycles. The molecule has 5 rings (SSSR count). The molecule has 1 atom stereocenters. The Labute approximate surface area is 241 Å². The predicted octanol–water partition coefficient (Wildman–Crippen LogP) is 5.49. The van der Waals surface area contributed by atoms with Crippen LogP contribution in [0.5, 0.6) is 5.75 Å². The highest BCUT2D eigenvalue weighted by molar-refractivity contribution is 7.98. The second kappa shape index (κ2) is 12.1. The number of thioether (sulfide) groups is 1. The number of thiazole rings is 1. The Balaban J connectivity index is 1.51. The second-order valence-electron chi connectivity index (χ2n) is 9.65. The van der Waals surface area contributed by atoms with Crippen LogP contribution in [0.2, 0.25) is 0 Å². The number of hydrogen-bond donors (Lipinski definition) is 0. The Morgan fingerprint density at radius 3 is 2.40 bits per heavy atom. The number of ether oxygens (including phenoxy) is 2. The molecule has 1 aliphatic heterocycles. The van der Waals surface area contributed by atoms with Gasteiger partial charge in [0.2, 0.25) is 0 Å². The molecule has 0 fully saturated rings. The smallest absolute Gasteiger partial charge is 0.338 e. The van der Waals surface area contributed by atoms with Crippen LogP contribution in [0.3, 0.4) is 0 Å². The lowest BCUT2D eigenvalue weighted by atomic mass is 9.96. The van der Waals surface area contributed by atoms with Crippen molar-refractivity contribution in [3.05, 3.63) is 127 Å². The molecule has 1 aliphatic rings. The summed E-state index contributed by atoms with van der Waals surface area (Å²) in [6.45, 7) is 5.90. The first-order chi connectivity index (χ1) is 19.3. The summed E-state index contributed by atoms with van der Waals surface area (Å²) in [5.74, 6) is 0.288. The Bertz CT molecular complexity index is 1720. The van der Waals surface area contributed by atoms with Gasteiger partial charge in [0.25, 0.3) is 5.56 Å². The molecule has 1 unspecified atom stereocenters. The number of nitrogens with zero attached hydrogens (tertiary/aromatic N) is 2. The minimum Gasteiger partial charge on any atom is -0.489 e. The number of rotatable bonds is 8. The van der Waals surface area contributed by atoms with Crippen molar-refractivity contribution in [1.29, 1.82) is 0 Å². The molecule has 204 valence electrons. The molecule has 6 nitrogen and oxygen atoms in total. The van der Waals surface area contributed by atoms with Crippen molar-refractivity contribution in [3.8, 4) is 5.75 Å². The molecular weight excluding hydrogens is 540 g/mol. The van der Waals surface area contributed by atoms with Gasteiger partial charge in [0.1, 0.15) is 12.4 Å². The van der Waals surface area contributed by atoms with Crippen LogP contribution in [0.15, 0.2) is 105 Å². The Kier molecular flexibility index (Phi) is 8.38. The summed E-state index contributed by atoms with van der Waals surface area (Å²) in [5, 5.41) is 0. The van der Waals surface area contributed by atoms with E-state index in [2.05, 4.69) is 4.99 Å². The molecule has 0 saturated carbocycles. The van der Waals surface area contributed by atoms with Crippen LogP contribution < -0.4 is 19.6 Å². The third-order valence-electron chi connectivity index (χ3n) is 6.44. The Morgan fingerprint density at radius 1 is 1.05 bits per heavy atom. The average molecular weight is 571 g/mol. The SMILES string of the molecule is CSc1ccc(C2C(C(=O)OC(C)C)=C(C)N=c3sc(=Cc4ccc(OCc5ccccc5)cc4)c(=O)n32)cc1. The van der Waals surface area contributed by atoms with E-state index in [0.717, 1.165) is 27.3 Å². The van der Waals surface area contributed by atoms with E-state index in [1.54, 1.807) is 23.3 Å². The first-order valence-electron chi connectivity index (χ1n) is 13.0. The number of benzene rings is 3. The molecule has 2 heterocycles. The van der Waals surface area contributed by atoms with Crippen molar-refractivity contribution in [3.63, 3.8) is 0 Å². The van der Waals surface area contributed by atoms with E-state index in [4.69, 9.17) is 9.47 Å². The molecule has 0 amide bonds. The standard InChI is InChI=1S/C32H30N2O4S2/c1-20(2)38-31(36)28-21(3)33-32-34(29(28)24-12-16-26(39-4)17-13-24)30(35)27(40-32)18-22-10-14-25(15-11-22)37-19-23-8-6-5-7-9-23/h5-18,20,29H,19H2,1-4H3. The second-order valence-corrected chi connectivity index (χ2v) is 11.5. The fourth-order valence-electron chi connectivity index (χ4n) is 4.51. The zero-order chi connectivity index (χ0) is 28.2. The van der Waals surface area contributed by atoms with Crippen molar-refractivity contribution < 1.29 is 14.3 Å². The molecule has 0 spiro atoms. The maximum atomic E-state index is 13.8. The average Bonchev–Trinajstić information content (AvgIpc) is 3.26. The number of aromatic nitrogens is 1. The van der Waals surface area contributed by atoms with E-state index in [9.17, 15) is 9.59 Å². The lowest BCUT2D eigenvalue weighted by Gasteiger charge is -2.25. The normalized spacial score (nSPS) is 15.1. The highest BCUT2D eigenvalue weighted by atomic mass is 32.2. The number of fused-ring (bicyclic) bond motifs is 1. The minimum absolute atomic E-state index is 0.200. The van der Waals surface area contributed by atoms with Gasteiger partial charge in [0.15, 0.2) is 4.80 Å². The van der Waals surface area contributed by atoms with Crippen LogP contribution in [0.25, 0.3) is 6.08 Å². The molecule has 0 bridgehead atoms. The van der Waals surface area contributed by atoms with Gasteiger partial charge in [-0.3, -0.25) is 9.36 Å². The molecular formula is C32H30N2O4S2. The van der Waals surface area contributed by atoms with Crippen LogP contribution in [-0.4, -0.2) is 22.9 Å². The third kappa shape index (κ3) is 5.98. The van der Waals surface area contributed by atoms with E-state index in [0.29, 0.717) is 27.2 Å². The number of hydrogen-bond acceptors (Lipinski definition) is 7. The topological polar surface area (TPSA) is 69.9 Å². The Hall–Kier alpha value is -3.88. The highest BCUT2D eigenvalue weighted by Gasteiger charge is 2.33. The van der Waals surface area contributed by atoms with Crippen molar-refractivity contribution in [1.82, 2.24) is 4.57 Å². The van der Waals surface area contributed by atoms with Gasteiger partial charge < -0.3 is 9.47 Å². The van der Waals surface area contributed by atoms with Crippen LogP contribution in [-0.2, 0) is 16.1 Å². The van der Waals surface area contributed by atoms with Gasteiger partial charge in [0.05, 0.1) is 27.9 Å². The number of carbonyl (C=O) groups is 1. The summed E-state index contributed by atoms with van der Waals surface area (Å²) < 4.78 is 13.6. The fourth-order valence-corrected chi connectivity index (χ4v) is 5.97. The minimum atomic E-state index is -0.630. The number of esters is 1. The molecule has 4 aromatic rings. The largest absolute Gasteiger partial charge is 0.489 e. The lowest BCUT2D eigenvalue weighted by molar-refractivity contribution is -0.143. The first-order valence-corrected chi connectivity index (χ1v) is 15.0. The zero-order valence-electron chi connectivity index (χ0n) is 22.8. The van der Waals surface area contributed by atoms with Gasteiger partial charge in [-0.1, -0.05) is 65.9 Å². The van der Waals surface area contributed by atoms with Gasteiger partial charge in [-0.15, -0.1) is 11.8 Å². The fraction of sp³-hybridized carbons (Fsp3) is 0.219. The third-order valence-corrected chi connectivity index (χ3v) is 8.17. The monoisotopic (exact) mass is 570 g/mol. The van der Waals surface area contributed by atoms with Gasteiger partial charge in [-0.25, -0.2) is 9.79 Å². The lowest BCUT2D eigenvalue weighted by Crippen LogP contribution is -2.40. The van der Waals surface area contributed by atoms with E-state index in [-0.39, 0.29) is 11.7 Å². The van der Waals surface area contributed by atoms with Crippen molar-refractivity contribution >= 4 is 35.1 Å². The summed E-state index contributed by atoms with van der Waals surface area (Å²) in [6.07, 6.45) is 3.57. The molecule has 0 N–H and O–H groups in total. The van der Waals surface area contributed by atoms with Crippen molar-refractivity contribution in [2.24, 2.45) is 4.99 Å². The number of carbonyl (C=O) groups excluding carboxylic acids is 1. The maximum Gasteiger partial charge on any atom is 0.338 e. The molecule has 8 heteroatoms. The molecule has 1 aromatic heterocycles. The van der Waals surface area contributed by atoms with Crippen molar-refractivity contribution in [2.45, 2.75) is 44.4 Å². The summed E-state index contributed by atoms with van der Waals surface area (Å²) >= 11 is 2.95. The maximum absolute atomic E-state index is 13.8. The van der Waals surface area contributed by atoms with E-state index in [1.807, 2.05) is 105 Å². The summed E-state index contributed by atoms with van der Waals surface area (Å²) in [5.41, 5.74) is 3.53. The summed E-state index contributed by atoms with van der Waals surface area (Å²) in [6, 6.07) is 24.9. The Morgan fingerprint density at radius 2 is 1.75 bits per heavy atom. The molecule has 0 saturated heterocycles. The van der Waals surface area contributed by atoms with Gasteiger partial charge >= 0.3 is 5.97 Å². The van der Waals surface area contributed by atoms with Gasteiger partial charge in [-0.2, -0.15) is 0 Å². The van der Waals surface area contributed by atoms with E-state index < -0.39 is 12.0 Å². The van der Waals surface area contributed by atoms with Crippen LogP contribution in [0.1, 0.15) is 43.5 Å². The number of allylic oxidation sites excluding steroid dienone is 1. The van der Waals surface area contributed by atoms with Crippen LogP contribution >= 0.6 is 23.1 Å². The van der Waals surface area contributed by atoms with Gasteiger partial charge in [0, 0.05) is 4.90 Å². The summed E-state index contributed by atoms with van der Waals surface area (Å²) in [4.78, 5) is 33.4. The van der Waals surface area contributed by atoms with Crippen LogP contribution in [0, 0.1) is 0 Å². The predicted molar refractivity (Wildman–Crippen MR) is 160 cm³/mol. The summed E-state index contributed by atoms with van der Waals surface area (Å²) in [7, 11) is 0. The quantitative estimate of drug-likeness (QED) is 0.207. The molecule has 0 radical (unpaired) electrons. The van der Waals surface area contributed by atoms with Gasteiger partial charge in [-0.05, 0) is 74.1 Å².